The molecular weight excluding hydrogens is 555 g/mol. The number of benzene rings is 1. The van der Waals surface area contributed by atoms with Gasteiger partial charge in [0.15, 0.2) is 0 Å². The van der Waals surface area contributed by atoms with E-state index in [0.29, 0.717) is 17.5 Å². The summed E-state index contributed by atoms with van der Waals surface area (Å²) in [6.45, 7) is 19.5. The number of halogens is 4. The fourth-order valence-corrected chi connectivity index (χ4v) is 5.97. The predicted octanol–water partition coefficient (Wildman–Crippen LogP) is 10.9. The Bertz CT molecular complexity index is 1230. The van der Waals surface area contributed by atoms with E-state index < -0.39 is 12.6 Å². The van der Waals surface area contributed by atoms with Crippen LogP contribution >= 0.6 is 11.6 Å². The lowest BCUT2D eigenvalue weighted by molar-refractivity contribution is -0.135. The lowest BCUT2D eigenvalue weighted by Gasteiger charge is -2.37. The van der Waals surface area contributed by atoms with Gasteiger partial charge in [-0.1, -0.05) is 68.1 Å². The normalized spacial score (nSPS) is 19.2. The first-order chi connectivity index (χ1) is 19.6. The third-order valence-electron chi connectivity index (χ3n) is 8.55. The Morgan fingerprint density at radius 1 is 1.05 bits per heavy atom. The number of allylic oxidation sites excluding steroid dienone is 6. The van der Waals surface area contributed by atoms with E-state index in [1.165, 1.54) is 5.56 Å². The average molecular weight is 606 g/mol. The van der Waals surface area contributed by atoms with Crippen LogP contribution in [0.2, 0.25) is 0 Å². The van der Waals surface area contributed by atoms with Crippen molar-refractivity contribution in [3.05, 3.63) is 75.1 Å². The summed E-state index contributed by atoms with van der Waals surface area (Å²) in [6.07, 6.45) is 1.67. The van der Waals surface area contributed by atoms with Crippen molar-refractivity contribution in [1.29, 1.82) is 0 Å². The SMILES string of the molecule is CCC(C)CC1(CC)/C(=N/C)N(CC(=C(C)C)N(CCCC(F)(F)F)/C(=C/C=C(\C)Cl)C(C)=C(C)C)c2ccccc21. The second-order valence-corrected chi connectivity index (χ2v) is 12.6. The zero-order valence-corrected chi connectivity index (χ0v) is 28.1. The van der Waals surface area contributed by atoms with Crippen molar-refractivity contribution in [2.24, 2.45) is 10.9 Å². The number of fused-ring (bicyclic) bond motifs is 1. The Balaban J connectivity index is 2.76. The summed E-state index contributed by atoms with van der Waals surface area (Å²) >= 11 is 6.25. The quantitative estimate of drug-likeness (QED) is 0.208. The molecule has 42 heavy (non-hydrogen) atoms. The molecule has 1 aliphatic heterocycles. The number of para-hydroxylation sites is 1. The van der Waals surface area contributed by atoms with Crippen LogP contribution in [0.25, 0.3) is 0 Å². The lowest BCUT2D eigenvalue weighted by atomic mass is 9.72. The van der Waals surface area contributed by atoms with Crippen molar-refractivity contribution in [1.82, 2.24) is 4.90 Å². The van der Waals surface area contributed by atoms with Crippen LogP contribution in [0.15, 0.2) is 74.6 Å². The molecule has 2 rings (SSSR count). The van der Waals surface area contributed by atoms with Gasteiger partial charge in [0.25, 0.3) is 0 Å². The Hall–Kier alpha value is -2.47. The molecule has 0 aromatic heterocycles. The third-order valence-corrected chi connectivity index (χ3v) is 8.68. The van der Waals surface area contributed by atoms with Crippen LogP contribution in [0.5, 0.6) is 0 Å². The summed E-state index contributed by atoms with van der Waals surface area (Å²) in [5.74, 6) is 1.54. The minimum absolute atomic E-state index is 0.0184. The topological polar surface area (TPSA) is 18.8 Å². The first-order valence-electron chi connectivity index (χ1n) is 15.2. The molecule has 1 heterocycles. The van der Waals surface area contributed by atoms with Crippen molar-refractivity contribution >= 4 is 23.1 Å². The van der Waals surface area contributed by atoms with Crippen LogP contribution < -0.4 is 4.90 Å². The molecule has 2 unspecified atom stereocenters. The van der Waals surface area contributed by atoms with Crippen molar-refractivity contribution in [2.45, 2.75) is 106 Å². The van der Waals surface area contributed by atoms with Crippen molar-refractivity contribution in [3.8, 4) is 0 Å². The molecule has 0 saturated carbocycles. The van der Waals surface area contributed by atoms with E-state index in [1.54, 1.807) is 6.92 Å². The molecular formula is C35H51ClF3N3. The van der Waals surface area contributed by atoms with E-state index in [-0.39, 0.29) is 18.4 Å². The van der Waals surface area contributed by atoms with Gasteiger partial charge in [-0.3, -0.25) is 4.99 Å². The summed E-state index contributed by atoms with van der Waals surface area (Å²) in [7, 11) is 1.87. The van der Waals surface area contributed by atoms with Gasteiger partial charge in [-0.05, 0) is 96.1 Å². The van der Waals surface area contributed by atoms with Crippen LogP contribution in [0.3, 0.4) is 0 Å². The largest absolute Gasteiger partial charge is 0.389 e. The summed E-state index contributed by atoms with van der Waals surface area (Å²) in [5, 5.41) is 0.606. The van der Waals surface area contributed by atoms with E-state index >= 15 is 0 Å². The highest BCUT2D eigenvalue weighted by Gasteiger charge is 2.48. The van der Waals surface area contributed by atoms with Crippen molar-refractivity contribution in [2.75, 3.05) is 25.0 Å². The van der Waals surface area contributed by atoms with Crippen LogP contribution in [-0.4, -0.2) is 37.0 Å². The number of nitrogens with zero attached hydrogens (tertiary/aromatic N) is 3. The highest BCUT2D eigenvalue weighted by atomic mass is 35.5. The number of amidine groups is 1. The number of alkyl halides is 3. The van der Waals surface area contributed by atoms with Crippen LogP contribution in [-0.2, 0) is 5.41 Å². The molecule has 1 aromatic carbocycles. The standard InChI is InChI=1S/C35H51ClF3N3/c1-11-26(7)22-34(12-2)29-16-13-14-17-31(29)42(33(34)40-10)23-32(25(5)6)41(21-15-20-35(37,38)39)30(19-18-27(8)36)28(9)24(3)4/h13-14,16-19,26H,11-12,15,20-23H2,1-10H3/b27-18+,30-19+,40-33-. The number of hydrogen-bond acceptors (Lipinski definition) is 2. The molecule has 0 spiro atoms. The number of anilines is 1. The predicted molar refractivity (Wildman–Crippen MR) is 175 cm³/mol. The minimum Gasteiger partial charge on any atom is -0.343 e. The molecule has 0 bridgehead atoms. The molecule has 0 fully saturated rings. The molecule has 234 valence electrons. The van der Waals surface area contributed by atoms with Gasteiger partial charge in [-0.2, -0.15) is 13.2 Å². The monoisotopic (exact) mass is 605 g/mol. The van der Waals surface area contributed by atoms with E-state index in [4.69, 9.17) is 16.6 Å². The zero-order chi connectivity index (χ0) is 31.8. The molecule has 7 heteroatoms. The molecule has 0 aliphatic carbocycles. The molecule has 0 amide bonds. The minimum atomic E-state index is -4.22. The maximum absolute atomic E-state index is 13.3. The smallest absolute Gasteiger partial charge is 0.343 e. The zero-order valence-electron chi connectivity index (χ0n) is 27.3. The van der Waals surface area contributed by atoms with E-state index in [9.17, 15) is 13.2 Å². The molecule has 1 aromatic rings. The second-order valence-electron chi connectivity index (χ2n) is 12.1. The molecule has 2 atom stereocenters. The van der Waals surface area contributed by atoms with Gasteiger partial charge in [0, 0.05) is 42.1 Å². The summed E-state index contributed by atoms with van der Waals surface area (Å²) in [6, 6.07) is 8.54. The lowest BCUT2D eigenvalue weighted by Crippen LogP contribution is -2.44. The van der Waals surface area contributed by atoms with Gasteiger partial charge in [0.2, 0.25) is 0 Å². The first kappa shape index (κ1) is 35.7. The van der Waals surface area contributed by atoms with Gasteiger partial charge in [-0.25, -0.2) is 0 Å². The van der Waals surface area contributed by atoms with Crippen LogP contribution in [0, 0.1) is 5.92 Å². The molecule has 3 nitrogen and oxygen atoms in total. The van der Waals surface area contributed by atoms with E-state index in [2.05, 4.69) is 54.8 Å². The van der Waals surface area contributed by atoms with Crippen LogP contribution in [0.1, 0.15) is 100.0 Å². The third kappa shape index (κ3) is 8.55. The molecule has 0 N–H and O–H groups in total. The summed E-state index contributed by atoms with van der Waals surface area (Å²) in [5.41, 5.74) is 7.16. The number of rotatable bonds is 13. The summed E-state index contributed by atoms with van der Waals surface area (Å²) in [4.78, 5) is 9.31. The Morgan fingerprint density at radius 2 is 1.69 bits per heavy atom. The molecule has 1 aliphatic rings. The Kier molecular flexibility index (Phi) is 13.0. The highest BCUT2D eigenvalue weighted by molar-refractivity contribution is 6.29. The van der Waals surface area contributed by atoms with Gasteiger partial charge in [-0.15, -0.1) is 0 Å². The number of aliphatic imine (C=N–C) groups is 1. The Labute approximate surface area is 257 Å². The maximum Gasteiger partial charge on any atom is 0.389 e. The van der Waals surface area contributed by atoms with Crippen molar-refractivity contribution in [3.63, 3.8) is 0 Å². The van der Waals surface area contributed by atoms with Gasteiger partial charge in [0.1, 0.15) is 5.84 Å². The fraction of sp³-hybridized carbons (Fsp3) is 0.571. The first-order valence-corrected chi connectivity index (χ1v) is 15.5. The molecule has 0 radical (unpaired) electrons. The highest BCUT2D eigenvalue weighted by Crippen LogP contribution is 2.49. The Morgan fingerprint density at radius 3 is 2.19 bits per heavy atom. The number of hydrogen-bond donors (Lipinski definition) is 0. The second kappa shape index (κ2) is 15.3. The van der Waals surface area contributed by atoms with Gasteiger partial charge in [0.05, 0.1) is 12.0 Å². The average Bonchev–Trinajstić information content (AvgIpc) is 3.18. The van der Waals surface area contributed by atoms with Crippen LogP contribution in [0.4, 0.5) is 18.9 Å². The van der Waals surface area contributed by atoms with E-state index in [0.717, 1.165) is 58.9 Å². The van der Waals surface area contributed by atoms with E-state index in [1.807, 2.05) is 53.8 Å². The van der Waals surface area contributed by atoms with Crippen molar-refractivity contribution < 1.29 is 13.2 Å². The fourth-order valence-electron chi connectivity index (χ4n) is 5.90. The van der Waals surface area contributed by atoms with Gasteiger partial charge < -0.3 is 9.80 Å². The molecule has 0 saturated heterocycles. The maximum atomic E-state index is 13.3. The van der Waals surface area contributed by atoms with Gasteiger partial charge >= 0.3 is 6.18 Å². The summed E-state index contributed by atoms with van der Waals surface area (Å²) < 4.78 is 40.0.